The summed E-state index contributed by atoms with van der Waals surface area (Å²) in [6.07, 6.45) is -1.08. The quantitative estimate of drug-likeness (QED) is 0.864. The second-order valence-electron chi connectivity index (χ2n) is 6.65. The van der Waals surface area contributed by atoms with Gasteiger partial charge in [0.2, 0.25) is 5.82 Å². The zero-order chi connectivity index (χ0) is 19.3. The maximum absolute atomic E-state index is 12.3. The maximum atomic E-state index is 12.3. The first kappa shape index (κ1) is 19.2. The minimum atomic E-state index is -1.11. The topological polar surface area (TPSA) is 118 Å². The number of benzene rings is 1. The summed E-state index contributed by atoms with van der Waals surface area (Å²) in [6, 6.07) is 8.18. The van der Waals surface area contributed by atoms with Gasteiger partial charge in [-0.15, -0.1) is 20.4 Å². The van der Waals surface area contributed by atoms with Crippen LogP contribution >= 0.6 is 0 Å². The molecule has 0 bridgehead atoms. The van der Waals surface area contributed by atoms with Gasteiger partial charge in [-0.2, -0.15) is 0 Å². The molecule has 1 heterocycles. The third-order valence-electron chi connectivity index (χ3n) is 3.34. The Morgan fingerprint density at radius 2 is 1.69 bits per heavy atom. The molecule has 1 aromatic carbocycles. The highest BCUT2D eigenvalue weighted by atomic mass is 16.6. The van der Waals surface area contributed by atoms with Gasteiger partial charge in [0, 0.05) is 12.6 Å². The van der Waals surface area contributed by atoms with Crippen molar-refractivity contribution in [3.05, 3.63) is 36.2 Å². The van der Waals surface area contributed by atoms with E-state index in [0.717, 1.165) is 10.5 Å². The van der Waals surface area contributed by atoms with Crippen LogP contribution in [0.1, 0.15) is 39.1 Å². The lowest BCUT2D eigenvalue weighted by atomic mass is 10.1. The zero-order valence-electron chi connectivity index (χ0n) is 15.1. The Bertz CT molecular complexity index is 759. The highest BCUT2D eigenvalue weighted by Gasteiger charge is 2.30. The molecule has 1 amide bonds. The molecule has 0 aliphatic carbocycles. The Balaban J connectivity index is 2.26. The molecule has 1 aromatic heterocycles. The highest BCUT2D eigenvalue weighted by molar-refractivity contribution is 5.71. The Labute approximate surface area is 151 Å². The van der Waals surface area contributed by atoms with E-state index in [9.17, 15) is 9.59 Å². The first-order chi connectivity index (χ1) is 12.2. The van der Waals surface area contributed by atoms with Crippen molar-refractivity contribution in [2.24, 2.45) is 0 Å². The van der Waals surface area contributed by atoms with Gasteiger partial charge < -0.3 is 14.7 Å². The van der Waals surface area contributed by atoms with Crippen LogP contribution in [0.5, 0.6) is 0 Å². The molecule has 0 aliphatic rings. The lowest BCUT2D eigenvalue weighted by Gasteiger charge is -2.28. The molecule has 2 aromatic rings. The normalized spacial score (nSPS) is 12.3. The molecule has 26 heavy (non-hydrogen) atoms. The summed E-state index contributed by atoms with van der Waals surface area (Å²) in [5, 5.41) is 25.1. The van der Waals surface area contributed by atoms with Crippen LogP contribution < -0.4 is 0 Å². The number of hydrogen-bond acceptors (Lipinski definition) is 7. The van der Waals surface area contributed by atoms with Gasteiger partial charge >= 0.3 is 12.1 Å². The van der Waals surface area contributed by atoms with Crippen LogP contribution in [0.3, 0.4) is 0 Å². The molecule has 1 unspecified atom stereocenters. The van der Waals surface area contributed by atoms with E-state index in [4.69, 9.17) is 9.84 Å². The van der Waals surface area contributed by atoms with E-state index in [-0.39, 0.29) is 5.82 Å². The molecular weight excluding hydrogens is 338 g/mol. The fraction of sp³-hybridized carbons (Fsp3) is 0.412. The molecule has 0 spiro atoms. The van der Waals surface area contributed by atoms with Crippen LogP contribution in [0.2, 0.25) is 0 Å². The number of nitrogens with zero attached hydrogens (tertiary/aromatic N) is 5. The second kappa shape index (κ2) is 7.85. The van der Waals surface area contributed by atoms with Crippen LogP contribution in [-0.2, 0) is 9.53 Å². The summed E-state index contributed by atoms with van der Waals surface area (Å²) in [5.41, 5.74) is 0.0162. The van der Waals surface area contributed by atoms with Crippen molar-refractivity contribution in [3.63, 3.8) is 0 Å². The average molecular weight is 359 g/mol. The molecule has 9 nitrogen and oxygen atoms in total. The smallest absolute Gasteiger partial charge is 0.410 e. The highest BCUT2D eigenvalue weighted by Crippen LogP contribution is 2.22. The number of carboxylic acid groups (broad SMARTS) is 1. The second-order valence-corrected chi connectivity index (χ2v) is 6.65. The maximum Gasteiger partial charge on any atom is 0.410 e. The number of ether oxygens (including phenoxy) is 1. The van der Waals surface area contributed by atoms with Gasteiger partial charge in [0.25, 0.3) is 0 Å². The van der Waals surface area contributed by atoms with Gasteiger partial charge in [0.05, 0.1) is 6.42 Å². The molecule has 1 N–H and O–H groups in total. The van der Waals surface area contributed by atoms with E-state index in [1.807, 2.05) is 18.2 Å². The van der Waals surface area contributed by atoms with Crippen molar-refractivity contribution in [2.45, 2.75) is 38.8 Å². The molecule has 9 heteroatoms. The number of carbonyl (C=O) groups is 2. The number of aliphatic carboxylic acids is 1. The minimum absolute atomic E-state index is 0.0282. The monoisotopic (exact) mass is 359 g/mol. The summed E-state index contributed by atoms with van der Waals surface area (Å²) in [6.45, 7) is 5.16. The van der Waals surface area contributed by atoms with Crippen LogP contribution in [0.4, 0.5) is 4.79 Å². The van der Waals surface area contributed by atoms with Gasteiger partial charge in [-0.05, 0) is 20.8 Å². The lowest BCUT2D eigenvalue weighted by Crippen LogP contribution is -2.38. The predicted octanol–water partition coefficient (Wildman–Crippen LogP) is 2.32. The van der Waals surface area contributed by atoms with Gasteiger partial charge in [-0.1, -0.05) is 30.3 Å². The SMILES string of the molecule is CN(C(=O)OC(C)(C)C)C(CC(=O)O)c1nnc(-c2ccccc2)nn1. The average Bonchev–Trinajstić information content (AvgIpc) is 2.58. The van der Waals surface area contributed by atoms with Crippen LogP contribution in [0.15, 0.2) is 30.3 Å². The largest absolute Gasteiger partial charge is 0.481 e. The number of aromatic nitrogens is 4. The predicted molar refractivity (Wildman–Crippen MR) is 92.0 cm³/mol. The molecule has 0 saturated heterocycles. The number of carbonyl (C=O) groups excluding carboxylic acids is 1. The van der Waals surface area contributed by atoms with Crippen LogP contribution in [-0.4, -0.2) is 55.1 Å². The summed E-state index contributed by atoms with van der Waals surface area (Å²) in [5.74, 6) is -0.773. The molecule has 138 valence electrons. The van der Waals surface area contributed by atoms with Crippen molar-refractivity contribution < 1.29 is 19.4 Å². The van der Waals surface area contributed by atoms with Gasteiger partial charge in [0.15, 0.2) is 5.82 Å². The fourth-order valence-corrected chi connectivity index (χ4v) is 2.10. The van der Waals surface area contributed by atoms with Gasteiger partial charge in [-0.3, -0.25) is 4.79 Å². The Morgan fingerprint density at radius 3 is 2.19 bits per heavy atom. The summed E-state index contributed by atoms with van der Waals surface area (Å²) < 4.78 is 5.27. The number of amides is 1. The van der Waals surface area contributed by atoms with E-state index < -0.39 is 30.1 Å². The van der Waals surface area contributed by atoms with Crippen molar-refractivity contribution in [1.82, 2.24) is 25.3 Å². The first-order valence-electron chi connectivity index (χ1n) is 7.97. The van der Waals surface area contributed by atoms with E-state index >= 15 is 0 Å². The zero-order valence-corrected chi connectivity index (χ0v) is 15.1. The Morgan fingerprint density at radius 1 is 1.12 bits per heavy atom. The fourth-order valence-electron chi connectivity index (χ4n) is 2.10. The van der Waals surface area contributed by atoms with Crippen LogP contribution in [0.25, 0.3) is 11.4 Å². The van der Waals surface area contributed by atoms with Crippen molar-refractivity contribution in [1.29, 1.82) is 0 Å². The molecule has 2 rings (SSSR count). The van der Waals surface area contributed by atoms with Gasteiger partial charge in [-0.25, -0.2) is 4.79 Å². The molecule has 0 aliphatic heterocycles. The summed E-state index contributed by atoms with van der Waals surface area (Å²) >= 11 is 0. The van der Waals surface area contributed by atoms with E-state index in [1.54, 1.807) is 32.9 Å². The number of rotatable bonds is 5. The standard InChI is InChI=1S/C17H21N5O4/c1-17(2,3)26-16(25)22(4)12(10-13(23)24)15-20-18-14(19-21-15)11-8-6-5-7-9-11/h5-9,12H,10H2,1-4H3,(H,23,24). The Hall–Kier alpha value is -3.10. The lowest BCUT2D eigenvalue weighted by molar-refractivity contribution is -0.138. The summed E-state index contributed by atoms with van der Waals surface area (Å²) in [4.78, 5) is 24.6. The van der Waals surface area contributed by atoms with Gasteiger partial charge in [0.1, 0.15) is 11.6 Å². The molecule has 1 atom stereocenters. The molecule has 0 fully saturated rings. The number of carboxylic acids is 1. The first-order valence-corrected chi connectivity index (χ1v) is 7.97. The van der Waals surface area contributed by atoms with Crippen molar-refractivity contribution in [2.75, 3.05) is 7.05 Å². The van der Waals surface area contributed by atoms with Crippen molar-refractivity contribution in [3.8, 4) is 11.4 Å². The third-order valence-corrected chi connectivity index (χ3v) is 3.34. The van der Waals surface area contributed by atoms with E-state index in [2.05, 4.69) is 20.4 Å². The molecular formula is C17H21N5O4. The summed E-state index contributed by atoms with van der Waals surface area (Å²) in [7, 11) is 1.43. The van der Waals surface area contributed by atoms with Crippen molar-refractivity contribution >= 4 is 12.1 Å². The molecule has 0 saturated carbocycles. The Kier molecular flexibility index (Phi) is 5.81. The van der Waals surface area contributed by atoms with E-state index in [0.29, 0.717) is 5.82 Å². The molecule has 0 radical (unpaired) electrons. The third kappa shape index (κ3) is 5.20. The van der Waals surface area contributed by atoms with E-state index in [1.165, 1.54) is 7.05 Å². The minimum Gasteiger partial charge on any atom is -0.481 e. The van der Waals surface area contributed by atoms with Crippen LogP contribution in [0, 0.1) is 0 Å². The number of hydrogen-bond donors (Lipinski definition) is 1.